The SMILES string of the molecule is O=C(CCCc1cccs1)N1CCNCc2ccccc21. The predicted octanol–water partition coefficient (Wildman–Crippen LogP) is 3.21. The van der Waals surface area contributed by atoms with Gasteiger partial charge >= 0.3 is 0 Å². The van der Waals surface area contributed by atoms with E-state index in [0.29, 0.717) is 6.42 Å². The molecule has 1 amide bonds. The molecular weight excluding hydrogens is 280 g/mol. The van der Waals surface area contributed by atoms with Crippen LogP contribution in [0.2, 0.25) is 0 Å². The summed E-state index contributed by atoms with van der Waals surface area (Å²) >= 11 is 1.77. The monoisotopic (exact) mass is 300 g/mol. The number of hydrogen-bond donors (Lipinski definition) is 1. The van der Waals surface area contributed by atoms with Crippen molar-refractivity contribution in [1.82, 2.24) is 5.32 Å². The van der Waals surface area contributed by atoms with Crippen LogP contribution in [0.15, 0.2) is 41.8 Å². The smallest absolute Gasteiger partial charge is 0.227 e. The molecular formula is C17H20N2OS. The summed E-state index contributed by atoms with van der Waals surface area (Å²) in [5, 5.41) is 5.47. The summed E-state index contributed by atoms with van der Waals surface area (Å²) in [6.07, 6.45) is 2.54. The Balaban J connectivity index is 1.63. The zero-order valence-electron chi connectivity index (χ0n) is 12.0. The Morgan fingerprint density at radius 1 is 1.24 bits per heavy atom. The van der Waals surface area contributed by atoms with Crippen LogP contribution in [-0.2, 0) is 17.8 Å². The molecule has 0 fully saturated rings. The normalized spacial score (nSPS) is 14.6. The largest absolute Gasteiger partial charge is 0.311 e. The first kappa shape index (κ1) is 14.3. The Morgan fingerprint density at radius 2 is 2.14 bits per heavy atom. The standard InChI is InChI=1S/C17H20N2OS/c20-17(9-3-6-15-7-4-12-21-15)19-11-10-18-13-14-5-1-2-8-16(14)19/h1-2,4-5,7-8,12,18H,3,6,9-11,13H2. The summed E-state index contributed by atoms with van der Waals surface area (Å²) in [5.41, 5.74) is 2.28. The van der Waals surface area contributed by atoms with Gasteiger partial charge in [-0.1, -0.05) is 24.3 Å². The summed E-state index contributed by atoms with van der Waals surface area (Å²) in [5.74, 6) is 0.239. The van der Waals surface area contributed by atoms with Crippen LogP contribution in [0, 0.1) is 0 Å². The summed E-state index contributed by atoms with van der Waals surface area (Å²) < 4.78 is 0. The molecule has 0 aliphatic carbocycles. The molecule has 0 atom stereocenters. The molecule has 4 heteroatoms. The van der Waals surface area contributed by atoms with Crippen LogP contribution >= 0.6 is 11.3 Å². The van der Waals surface area contributed by atoms with Crippen molar-refractivity contribution in [2.45, 2.75) is 25.8 Å². The van der Waals surface area contributed by atoms with Gasteiger partial charge in [-0.3, -0.25) is 4.79 Å². The van der Waals surface area contributed by atoms with Crippen LogP contribution in [0.5, 0.6) is 0 Å². The van der Waals surface area contributed by atoms with Gasteiger partial charge in [0.05, 0.1) is 0 Å². The minimum absolute atomic E-state index is 0.239. The number of para-hydroxylation sites is 1. The second-order valence-electron chi connectivity index (χ2n) is 5.28. The second-order valence-corrected chi connectivity index (χ2v) is 6.32. The molecule has 1 aliphatic heterocycles. The highest BCUT2D eigenvalue weighted by molar-refractivity contribution is 7.09. The number of nitrogens with zero attached hydrogens (tertiary/aromatic N) is 1. The molecule has 1 aromatic heterocycles. The molecule has 3 rings (SSSR count). The lowest BCUT2D eigenvalue weighted by molar-refractivity contribution is -0.118. The van der Waals surface area contributed by atoms with Gasteiger partial charge in [0.15, 0.2) is 0 Å². The van der Waals surface area contributed by atoms with Gasteiger partial charge in [0.1, 0.15) is 0 Å². The Labute approximate surface area is 129 Å². The zero-order chi connectivity index (χ0) is 14.5. The number of benzene rings is 1. The van der Waals surface area contributed by atoms with Gasteiger partial charge in [-0.05, 0) is 35.9 Å². The number of aryl methyl sites for hydroxylation is 1. The van der Waals surface area contributed by atoms with Crippen LogP contribution < -0.4 is 10.2 Å². The fourth-order valence-corrected chi connectivity index (χ4v) is 3.47. The summed E-state index contributed by atoms with van der Waals surface area (Å²) in [6.45, 7) is 2.45. The molecule has 0 saturated carbocycles. The van der Waals surface area contributed by atoms with Crippen molar-refractivity contribution in [3.8, 4) is 0 Å². The molecule has 2 aromatic rings. The van der Waals surface area contributed by atoms with E-state index in [4.69, 9.17) is 0 Å². The average molecular weight is 300 g/mol. The molecule has 1 aromatic carbocycles. The minimum Gasteiger partial charge on any atom is -0.311 e. The lowest BCUT2D eigenvalue weighted by atomic mass is 10.1. The highest BCUT2D eigenvalue weighted by atomic mass is 32.1. The van der Waals surface area contributed by atoms with E-state index in [1.807, 2.05) is 17.0 Å². The fraction of sp³-hybridized carbons (Fsp3) is 0.353. The van der Waals surface area contributed by atoms with E-state index >= 15 is 0 Å². The van der Waals surface area contributed by atoms with Crippen molar-refractivity contribution in [3.05, 3.63) is 52.2 Å². The second kappa shape index (κ2) is 6.87. The lowest BCUT2D eigenvalue weighted by Crippen LogP contribution is -2.34. The molecule has 0 saturated heterocycles. The number of rotatable bonds is 4. The number of carbonyl (C=O) groups excluding carboxylic acids is 1. The molecule has 21 heavy (non-hydrogen) atoms. The lowest BCUT2D eigenvalue weighted by Gasteiger charge is -2.22. The summed E-state index contributed by atoms with van der Waals surface area (Å²) in [4.78, 5) is 15.9. The van der Waals surface area contributed by atoms with Gasteiger partial charge in [0.2, 0.25) is 5.91 Å². The average Bonchev–Trinajstić information content (AvgIpc) is 2.92. The Morgan fingerprint density at radius 3 is 3.00 bits per heavy atom. The van der Waals surface area contributed by atoms with Crippen molar-refractivity contribution in [2.75, 3.05) is 18.0 Å². The van der Waals surface area contributed by atoms with Crippen LogP contribution in [0.1, 0.15) is 23.3 Å². The van der Waals surface area contributed by atoms with E-state index in [-0.39, 0.29) is 5.91 Å². The fourth-order valence-electron chi connectivity index (χ4n) is 2.72. The zero-order valence-corrected chi connectivity index (χ0v) is 12.9. The highest BCUT2D eigenvalue weighted by Crippen LogP contribution is 2.23. The maximum atomic E-state index is 12.5. The Hall–Kier alpha value is -1.65. The van der Waals surface area contributed by atoms with E-state index in [1.165, 1.54) is 10.4 Å². The number of thiophene rings is 1. The minimum atomic E-state index is 0.239. The summed E-state index contributed by atoms with van der Waals surface area (Å²) in [7, 11) is 0. The van der Waals surface area contributed by atoms with Gasteiger partial charge in [0.25, 0.3) is 0 Å². The summed E-state index contributed by atoms with van der Waals surface area (Å²) in [6, 6.07) is 12.4. The quantitative estimate of drug-likeness (QED) is 0.940. The molecule has 2 heterocycles. The number of anilines is 1. The first-order valence-corrected chi connectivity index (χ1v) is 8.34. The number of hydrogen-bond acceptors (Lipinski definition) is 3. The van der Waals surface area contributed by atoms with Crippen molar-refractivity contribution >= 4 is 22.9 Å². The van der Waals surface area contributed by atoms with Gasteiger partial charge < -0.3 is 10.2 Å². The third-order valence-electron chi connectivity index (χ3n) is 3.81. The van der Waals surface area contributed by atoms with Gasteiger partial charge in [-0.2, -0.15) is 0 Å². The first-order chi connectivity index (χ1) is 10.3. The molecule has 0 unspecified atom stereocenters. The maximum Gasteiger partial charge on any atom is 0.227 e. The molecule has 0 spiro atoms. The van der Waals surface area contributed by atoms with Crippen molar-refractivity contribution in [1.29, 1.82) is 0 Å². The van der Waals surface area contributed by atoms with Crippen molar-refractivity contribution < 1.29 is 4.79 Å². The van der Waals surface area contributed by atoms with Crippen LogP contribution in [0.3, 0.4) is 0 Å². The third-order valence-corrected chi connectivity index (χ3v) is 4.74. The van der Waals surface area contributed by atoms with E-state index in [2.05, 4.69) is 35.0 Å². The number of nitrogens with one attached hydrogen (secondary N) is 1. The third kappa shape index (κ3) is 3.52. The molecule has 0 radical (unpaired) electrons. The number of fused-ring (bicyclic) bond motifs is 1. The highest BCUT2D eigenvalue weighted by Gasteiger charge is 2.20. The van der Waals surface area contributed by atoms with Crippen molar-refractivity contribution in [3.63, 3.8) is 0 Å². The molecule has 1 aliphatic rings. The molecule has 0 bridgehead atoms. The first-order valence-electron chi connectivity index (χ1n) is 7.46. The number of amides is 1. The van der Waals surface area contributed by atoms with E-state index in [1.54, 1.807) is 11.3 Å². The maximum absolute atomic E-state index is 12.5. The topological polar surface area (TPSA) is 32.3 Å². The van der Waals surface area contributed by atoms with E-state index in [0.717, 1.165) is 38.2 Å². The van der Waals surface area contributed by atoms with E-state index in [9.17, 15) is 4.79 Å². The molecule has 110 valence electrons. The number of carbonyl (C=O) groups is 1. The van der Waals surface area contributed by atoms with Crippen molar-refractivity contribution in [2.24, 2.45) is 0 Å². The van der Waals surface area contributed by atoms with Gasteiger partial charge in [-0.15, -0.1) is 11.3 Å². The van der Waals surface area contributed by atoms with Crippen LogP contribution in [-0.4, -0.2) is 19.0 Å². The van der Waals surface area contributed by atoms with Crippen LogP contribution in [0.25, 0.3) is 0 Å². The van der Waals surface area contributed by atoms with Crippen LogP contribution in [0.4, 0.5) is 5.69 Å². The van der Waals surface area contributed by atoms with Gasteiger partial charge in [0, 0.05) is 36.6 Å². The predicted molar refractivity (Wildman–Crippen MR) is 87.8 cm³/mol. The van der Waals surface area contributed by atoms with Gasteiger partial charge in [-0.25, -0.2) is 0 Å². The van der Waals surface area contributed by atoms with E-state index < -0.39 is 0 Å². The molecule has 3 nitrogen and oxygen atoms in total. The Kier molecular flexibility index (Phi) is 4.68. The Bertz CT molecular complexity index is 595. The molecule has 1 N–H and O–H groups in total.